The quantitative estimate of drug-likeness (QED) is 0.162. The summed E-state index contributed by atoms with van der Waals surface area (Å²) in [7, 11) is 0. The van der Waals surface area contributed by atoms with Crippen LogP contribution in [0, 0.1) is 0 Å². The molecule has 2 aliphatic rings. The van der Waals surface area contributed by atoms with E-state index in [0.29, 0.717) is 0 Å². The number of hydrogen-bond donors (Lipinski definition) is 0. The fraction of sp³-hybridized carbons (Fsp3) is 0.0492. The van der Waals surface area contributed by atoms with Crippen molar-refractivity contribution in [2.45, 2.75) is 20.3 Å². The van der Waals surface area contributed by atoms with E-state index in [1.807, 2.05) is 0 Å². The first kappa shape index (κ1) is 38.0. The average molecular weight is 807 g/mol. The molecule has 0 saturated carbocycles. The van der Waals surface area contributed by atoms with E-state index in [-0.39, 0.29) is 0 Å². The number of hydrogen-bond acceptors (Lipinski definition) is 1. The summed E-state index contributed by atoms with van der Waals surface area (Å²) in [5.41, 5.74) is 22.7. The molecule has 11 rings (SSSR count). The standard InChI is InChI=1S/C61H46N2/c1-4-42-33-53-40-58-60(59-41(3)19-14-15-32-62(61(53)59)56(42)5-2)55-30-12-13-31-57(55)63(58)54-29-18-28-49(39-54)47-26-16-24-45(34-47)46-25-17-27-48(35-46)52-37-50(43-20-8-6-9-21-43)36-51(38-52)44-22-10-7-11-23-44/h4-32,34-40H,3,33H2,1-2H3/b19-14-,32-15-,42-4-,56-5+. The van der Waals surface area contributed by atoms with Gasteiger partial charge in [0, 0.05) is 40.3 Å². The molecule has 3 heterocycles. The van der Waals surface area contributed by atoms with Gasteiger partial charge < -0.3 is 9.47 Å². The van der Waals surface area contributed by atoms with Crippen molar-refractivity contribution in [2.24, 2.45) is 0 Å². The molecule has 0 N–H and O–H groups in total. The zero-order chi connectivity index (χ0) is 42.4. The predicted octanol–water partition coefficient (Wildman–Crippen LogP) is 16.4. The lowest BCUT2D eigenvalue weighted by atomic mass is 9.86. The number of rotatable bonds is 6. The van der Waals surface area contributed by atoms with Crippen LogP contribution in [0.25, 0.3) is 88.7 Å². The SMILES string of the molecule is C=C1/C=C\C=C/N2C(=C/C)/C(=C\C)Cc3cc4c(c1c32)c1ccccc1n4-c1cccc(-c2cccc(-c3cccc(-c4cc(-c5ccccc5)cc(-c5ccccc5)c4)c3)c2)c1. The van der Waals surface area contributed by atoms with Crippen LogP contribution in [0.2, 0.25) is 0 Å². The van der Waals surface area contributed by atoms with Crippen molar-refractivity contribution in [2.75, 3.05) is 4.90 Å². The molecule has 0 saturated heterocycles. The maximum atomic E-state index is 4.67. The van der Waals surface area contributed by atoms with Gasteiger partial charge in [0.1, 0.15) is 0 Å². The highest BCUT2D eigenvalue weighted by atomic mass is 15.1. The smallest absolute Gasteiger partial charge is 0.0576 e. The molecule has 0 bridgehead atoms. The molecule has 2 nitrogen and oxygen atoms in total. The van der Waals surface area contributed by atoms with Gasteiger partial charge in [-0.1, -0.05) is 158 Å². The maximum Gasteiger partial charge on any atom is 0.0576 e. The van der Waals surface area contributed by atoms with Crippen LogP contribution in [0.4, 0.5) is 5.69 Å². The van der Waals surface area contributed by atoms with Crippen molar-refractivity contribution in [3.63, 3.8) is 0 Å². The Balaban J connectivity index is 1.02. The molecular formula is C61H46N2. The van der Waals surface area contributed by atoms with Gasteiger partial charge in [0.15, 0.2) is 0 Å². The number of para-hydroxylation sites is 1. The highest BCUT2D eigenvalue weighted by molar-refractivity contribution is 6.17. The molecule has 0 atom stereocenters. The highest BCUT2D eigenvalue weighted by Gasteiger charge is 2.30. The topological polar surface area (TPSA) is 8.17 Å². The maximum absolute atomic E-state index is 4.67. The van der Waals surface area contributed by atoms with Crippen molar-refractivity contribution in [1.29, 1.82) is 0 Å². The van der Waals surface area contributed by atoms with Gasteiger partial charge in [-0.2, -0.15) is 0 Å². The van der Waals surface area contributed by atoms with Crippen LogP contribution in [0.5, 0.6) is 0 Å². The van der Waals surface area contributed by atoms with E-state index in [1.54, 1.807) is 0 Å². The minimum absolute atomic E-state index is 0.859. The molecule has 0 unspecified atom stereocenters. The van der Waals surface area contributed by atoms with Crippen LogP contribution in [0.15, 0.2) is 236 Å². The number of aromatic nitrogens is 1. The molecule has 1 aromatic heterocycles. The van der Waals surface area contributed by atoms with E-state index in [2.05, 4.69) is 248 Å². The molecule has 2 heteroatoms. The van der Waals surface area contributed by atoms with Gasteiger partial charge in [0.25, 0.3) is 0 Å². The van der Waals surface area contributed by atoms with Gasteiger partial charge >= 0.3 is 0 Å². The molecule has 0 spiro atoms. The summed E-state index contributed by atoms with van der Waals surface area (Å²) >= 11 is 0. The summed E-state index contributed by atoms with van der Waals surface area (Å²) in [5, 5.41) is 2.46. The number of benzene rings is 8. The summed E-state index contributed by atoms with van der Waals surface area (Å²) in [6, 6.07) is 66.6. The first-order chi connectivity index (χ1) is 31.1. The lowest BCUT2D eigenvalue weighted by Crippen LogP contribution is -2.25. The van der Waals surface area contributed by atoms with Crippen LogP contribution in [0.1, 0.15) is 25.0 Å². The van der Waals surface area contributed by atoms with Crippen LogP contribution >= 0.6 is 0 Å². The molecule has 63 heavy (non-hydrogen) atoms. The number of fused-ring (bicyclic) bond motifs is 4. The Kier molecular flexibility index (Phi) is 9.55. The normalized spacial score (nSPS) is 15.7. The van der Waals surface area contributed by atoms with Gasteiger partial charge in [-0.15, -0.1) is 0 Å². The second-order valence-electron chi connectivity index (χ2n) is 16.5. The number of anilines is 1. The van der Waals surface area contributed by atoms with Gasteiger partial charge in [-0.25, -0.2) is 0 Å². The highest BCUT2D eigenvalue weighted by Crippen LogP contribution is 2.49. The third-order valence-electron chi connectivity index (χ3n) is 12.8. The van der Waals surface area contributed by atoms with Crippen molar-refractivity contribution in [3.8, 4) is 61.3 Å². The summed E-state index contributed by atoms with van der Waals surface area (Å²) < 4.78 is 2.46. The van der Waals surface area contributed by atoms with E-state index < -0.39 is 0 Å². The zero-order valence-corrected chi connectivity index (χ0v) is 35.6. The lowest BCUT2D eigenvalue weighted by molar-refractivity contribution is 1.00. The summed E-state index contributed by atoms with van der Waals surface area (Å²) in [4.78, 5) is 2.37. The third-order valence-corrected chi connectivity index (χ3v) is 12.8. The van der Waals surface area contributed by atoms with E-state index in [0.717, 1.165) is 17.7 Å². The van der Waals surface area contributed by atoms with Crippen molar-refractivity contribution < 1.29 is 0 Å². The summed E-state index contributed by atoms with van der Waals surface area (Å²) in [6.45, 7) is 8.96. The Labute approximate surface area is 370 Å². The summed E-state index contributed by atoms with van der Waals surface area (Å²) in [5.74, 6) is 0. The summed E-state index contributed by atoms with van der Waals surface area (Å²) in [6.07, 6.45) is 13.9. The van der Waals surface area contributed by atoms with Crippen molar-refractivity contribution in [1.82, 2.24) is 4.57 Å². The molecule has 2 aliphatic heterocycles. The van der Waals surface area contributed by atoms with Gasteiger partial charge in [-0.3, -0.25) is 0 Å². The molecule has 0 fully saturated rings. The van der Waals surface area contributed by atoms with Gasteiger partial charge in [-0.05, 0) is 147 Å². The fourth-order valence-corrected chi connectivity index (χ4v) is 9.83. The van der Waals surface area contributed by atoms with Gasteiger partial charge in [0.2, 0.25) is 0 Å². The minimum atomic E-state index is 0.859. The Morgan fingerprint density at radius 2 is 1.00 bits per heavy atom. The van der Waals surface area contributed by atoms with Crippen LogP contribution in [-0.4, -0.2) is 4.57 Å². The first-order valence-electron chi connectivity index (χ1n) is 21.9. The van der Waals surface area contributed by atoms with Crippen molar-refractivity contribution in [3.05, 3.63) is 248 Å². The molecule has 9 aromatic rings. The monoisotopic (exact) mass is 806 g/mol. The molecule has 0 radical (unpaired) electrons. The van der Waals surface area contributed by atoms with Crippen LogP contribution in [0.3, 0.4) is 0 Å². The molecule has 8 aromatic carbocycles. The molecule has 0 amide bonds. The van der Waals surface area contributed by atoms with E-state index >= 15 is 0 Å². The first-order valence-corrected chi connectivity index (χ1v) is 21.9. The van der Waals surface area contributed by atoms with Crippen LogP contribution in [-0.2, 0) is 6.42 Å². The Hall–Kier alpha value is -7.94. The number of nitrogens with zero attached hydrogens (tertiary/aromatic N) is 2. The van der Waals surface area contributed by atoms with E-state index in [4.69, 9.17) is 0 Å². The largest absolute Gasteiger partial charge is 0.316 e. The molecule has 0 aliphatic carbocycles. The zero-order valence-electron chi connectivity index (χ0n) is 35.6. The molecule has 300 valence electrons. The van der Waals surface area contributed by atoms with Gasteiger partial charge in [0.05, 0.1) is 16.7 Å². The number of allylic oxidation sites excluding steroid dienone is 7. The Morgan fingerprint density at radius 1 is 0.476 bits per heavy atom. The average Bonchev–Trinajstić information content (AvgIpc) is 3.67. The third kappa shape index (κ3) is 6.68. The van der Waals surface area contributed by atoms with Crippen molar-refractivity contribution >= 4 is 33.1 Å². The molecular weight excluding hydrogens is 761 g/mol. The minimum Gasteiger partial charge on any atom is -0.316 e. The van der Waals surface area contributed by atoms with Crippen LogP contribution < -0.4 is 4.90 Å². The predicted molar refractivity (Wildman–Crippen MR) is 269 cm³/mol. The lowest BCUT2D eigenvalue weighted by Gasteiger charge is -2.36. The fourth-order valence-electron chi connectivity index (χ4n) is 9.83. The Morgan fingerprint density at radius 3 is 1.62 bits per heavy atom. The Bertz CT molecular complexity index is 3330. The second kappa shape index (κ2) is 15.8. The van der Waals surface area contributed by atoms with E-state index in [9.17, 15) is 0 Å². The second-order valence-corrected chi connectivity index (χ2v) is 16.5. The van der Waals surface area contributed by atoms with E-state index in [1.165, 1.54) is 106 Å².